The SMILES string of the molecule is Cc1ccc(NC(=O)CSC2=N/C(=C\c3ccc4c(c3)OCO4)C(=O)N2c2ccc(C)cc2)cc1. The van der Waals surface area contributed by atoms with Crippen LogP contribution in [-0.4, -0.2) is 29.5 Å². The molecule has 3 aromatic rings. The smallest absolute Gasteiger partial charge is 0.283 e. The molecule has 0 atom stereocenters. The Labute approximate surface area is 207 Å². The molecular formula is C27H23N3O4S. The molecule has 0 radical (unpaired) electrons. The topological polar surface area (TPSA) is 80.2 Å². The molecule has 0 spiro atoms. The average molecular weight is 486 g/mol. The monoisotopic (exact) mass is 485 g/mol. The van der Waals surface area contributed by atoms with Crippen LogP contribution in [0.5, 0.6) is 11.5 Å². The second kappa shape index (κ2) is 9.68. The zero-order valence-corrected chi connectivity index (χ0v) is 20.1. The van der Waals surface area contributed by atoms with Crippen molar-refractivity contribution >= 4 is 46.2 Å². The molecule has 0 bridgehead atoms. The van der Waals surface area contributed by atoms with Crippen LogP contribution in [0.4, 0.5) is 11.4 Å². The van der Waals surface area contributed by atoms with E-state index in [0.717, 1.165) is 22.4 Å². The van der Waals surface area contributed by atoms with Crippen LogP contribution in [0, 0.1) is 13.8 Å². The highest BCUT2D eigenvalue weighted by Gasteiger charge is 2.32. The van der Waals surface area contributed by atoms with E-state index < -0.39 is 0 Å². The number of thioether (sulfide) groups is 1. The standard InChI is InChI=1S/C27H23N3O4S/c1-17-3-8-20(9-4-17)28-25(31)15-35-27-29-22(13-19-7-12-23-24(14-19)34-16-33-23)26(32)30(27)21-10-5-18(2)6-11-21/h3-14H,15-16H2,1-2H3,(H,28,31)/b22-13-. The molecule has 0 aromatic heterocycles. The molecule has 1 N–H and O–H groups in total. The summed E-state index contributed by atoms with van der Waals surface area (Å²) in [4.78, 5) is 32.1. The van der Waals surface area contributed by atoms with Crippen molar-refractivity contribution in [3.8, 4) is 11.5 Å². The van der Waals surface area contributed by atoms with E-state index in [9.17, 15) is 9.59 Å². The fourth-order valence-electron chi connectivity index (χ4n) is 3.64. The normalized spacial score (nSPS) is 15.5. The molecule has 0 fully saturated rings. The molecule has 7 nitrogen and oxygen atoms in total. The van der Waals surface area contributed by atoms with Crippen LogP contribution in [0.2, 0.25) is 0 Å². The minimum atomic E-state index is -0.257. The third kappa shape index (κ3) is 5.07. The predicted octanol–water partition coefficient (Wildman–Crippen LogP) is 5.15. The molecule has 8 heteroatoms. The van der Waals surface area contributed by atoms with Crippen molar-refractivity contribution in [2.24, 2.45) is 4.99 Å². The maximum absolute atomic E-state index is 13.4. The van der Waals surface area contributed by atoms with Gasteiger partial charge in [0.15, 0.2) is 16.7 Å². The van der Waals surface area contributed by atoms with Crippen molar-refractivity contribution in [1.29, 1.82) is 0 Å². The van der Waals surface area contributed by atoms with E-state index in [2.05, 4.69) is 10.3 Å². The molecule has 5 rings (SSSR count). The summed E-state index contributed by atoms with van der Waals surface area (Å²) < 4.78 is 10.8. The largest absolute Gasteiger partial charge is 0.454 e. The lowest BCUT2D eigenvalue weighted by Gasteiger charge is -2.18. The number of nitrogens with zero attached hydrogens (tertiary/aromatic N) is 2. The van der Waals surface area contributed by atoms with Crippen LogP contribution in [0.25, 0.3) is 6.08 Å². The molecule has 0 saturated carbocycles. The van der Waals surface area contributed by atoms with E-state index in [4.69, 9.17) is 9.47 Å². The van der Waals surface area contributed by atoms with Gasteiger partial charge in [-0.05, 0) is 61.9 Å². The van der Waals surface area contributed by atoms with Crippen LogP contribution in [0.15, 0.2) is 77.4 Å². The molecular weight excluding hydrogens is 462 g/mol. The van der Waals surface area contributed by atoms with E-state index >= 15 is 0 Å². The summed E-state index contributed by atoms with van der Waals surface area (Å²) >= 11 is 1.22. The van der Waals surface area contributed by atoms with Crippen LogP contribution >= 0.6 is 11.8 Å². The number of hydrogen-bond acceptors (Lipinski definition) is 6. The maximum atomic E-state index is 13.4. The Hall–Kier alpha value is -4.04. The zero-order valence-electron chi connectivity index (χ0n) is 19.3. The quantitative estimate of drug-likeness (QED) is 0.506. The Balaban J connectivity index is 1.38. The zero-order chi connectivity index (χ0) is 24.4. The fourth-order valence-corrected chi connectivity index (χ4v) is 4.45. The van der Waals surface area contributed by atoms with Crippen LogP contribution in [0.3, 0.4) is 0 Å². The number of nitrogens with one attached hydrogen (secondary N) is 1. The van der Waals surface area contributed by atoms with Gasteiger partial charge < -0.3 is 14.8 Å². The predicted molar refractivity (Wildman–Crippen MR) is 139 cm³/mol. The summed E-state index contributed by atoms with van der Waals surface area (Å²) in [5.74, 6) is 0.982. The van der Waals surface area contributed by atoms with Gasteiger partial charge in [-0.1, -0.05) is 53.2 Å². The van der Waals surface area contributed by atoms with Crippen LogP contribution < -0.4 is 19.7 Å². The number of carbonyl (C=O) groups excluding carboxylic acids is 2. The second-order valence-electron chi connectivity index (χ2n) is 8.22. The average Bonchev–Trinajstić information content (AvgIpc) is 3.44. The first-order valence-corrected chi connectivity index (χ1v) is 12.1. The first-order valence-electron chi connectivity index (χ1n) is 11.1. The number of hydrogen-bond donors (Lipinski definition) is 1. The van der Waals surface area contributed by atoms with Crippen molar-refractivity contribution in [3.05, 3.63) is 89.1 Å². The summed E-state index contributed by atoms with van der Waals surface area (Å²) in [7, 11) is 0. The third-order valence-electron chi connectivity index (χ3n) is 5.49. The summed E-state index contributed by atoms with van der Waals surface area (Å²) in [6.45, 7) is 4.16. The Kier molecular flexibility index (Phi) is 6.29. The highest BCUT2D eigenvalue weighted by molar-refractivity contribution is 8.14. The Bertz CT molecular complexity index is 1350. The van der Waals surface area contributed by atoms with E-state index in [1.54, 1.807) is 17.0 Å². The molecule has 176 valence electrons. The number of benzene rings is 3. The van der Waals surface area contributed by atoms with E-state index in [-0.39, 0.29) is 30.1 Å². The van der Waals surface area contributed by atoms with Crippen molar-refractivity contribution in [2.75, 3.05) is 22.8 Å². The molecule has 0 aliphatic carbocycles. The minimum Gasteiger partial charge on any atom is -0.454 e. The lowest BCUT2D eigenvalue weighted by molar-refractivity contribution is -0.114. The number of aliphatic imine (C=N–C) groups is 1. The number of fused-ring (bicyclic) bond motifs is 1. The summed E-state index contributed by atoms with van der Waals surface area (Å²) in [5, 5.41) is 3.33. The van der Waals surface area contributed by atoms with Gasteiger partial charge in [-0.15, -0.1) is 0 Å². The van der Waals surface area contributed by atoms with E-state index in [0.29, 0.717) is 22.4 Å². The number of carbonyl (C=O) groups is 2. The van der Waals surface area contributed by atoms with Gasteiger partial charge in [-0.3, -0.25) is 14.5 Å². The summed E-state index contributed by atoms with van der Waals surface area (Å²) in [6.07, 6.45) is 1.71. The molecule has 2 aliphatic rings. The molecule has 2 amide bonds. The maximum Gasteiger partial charge on any atom is 0.283 e. The minimum absolute atomic E-state index is 0.111. The van der Waals surface area contributed by atoms with Gasteiger partial charge in [0.2, 0.25) is 12.7 Å². The number of amidine groups is 1. The Morgan fingerprint density at radius 3 is 2.43 bits per heavy atom. The van der Waals surface area contributed by atoms with Gasteiger partial charge >= 0.3 is 0 Å². The molecule has 2 heterocycles. The molecule has 0 saturated heterocycles. The number of anilines is 2. The van der Waals surface area contributed by atoms with Crippen molar-refractivity contribution in [3.63, 3.8) is 0 Å². The highest BCUT2D eigenvalue weighted by Crippen LogP contribution is 2.34. The number of aryl methyl sites for hydroxylation is 2. The highest BCUT2D eigenvalue weighted by atomic mass is 32.2. The van der Waals surface area contributed by atoms with Gasteiger partial charge in [0.1, 0.15) is 5.70 Å². The number of amides is 2. The van der Waals surface area contributed by atoms with Crippen molar-refractivity contribution in [1.82, 2.24) is 0 Å². The molecule has 2 aliphatic heterocycles. The van der Waals surface area contributed by atoms with Gasteiger partial charge in [-0.2, -0.15) is 0 Å². The van der Waals surface area contributed by atoms with Crippen LogP contribution in [0.1, 0.15) is 16.7 Å². The first-order chi connectivity index (χ1) is 17.0. The van der Waals surface area contributed by atoms with Gasteiger partial charge in [-0.25, -0.2) is 4.99 Å². The second-order valence-corrected chi connectivity index (χ2v) is 9.16. The lowest BCUT2D eigenvalue weighted by Crippen LogP contribution is -2.31. The number of rotatable bonds is 5. The molecule has 0 unspecified atom stereocenters. The van der Waals surface area contributed by atoms with Gasteiger partial charge in [0.05, 0.1) is 11.4 Å². The van der Waals surface area contributed by atoms with Crippen LogP contribution in [-0.2, 0) is 9.59 Å². The lowest BCUT2D eigenvalue weighted by atomic mass is 10.1. The molecule has 35 heavy (non-hydrogen) atoms. The Morgan fingerprint density at radius 1 is 1.00 bits per heavy atom. The van der Waals surface area contributed by atoms with E-state index in [1.165, 1.54) is 11.8 Å². The summed E-state index contributed by atoms with van der Waals surface area (Å²) in [5.41, 5.74) is 4.68. The Morgan fingerprint density at radius 2 is 1.69 bits per heavy atom. The van der Waals surface area contributed by atoms with Gasteiger partial charge in [0.25, 0.3) is 5.91 Å². The van der Waals surface area contributed by atoms with Crippen molar-refractivity contribution in [2.45, 2.75) is 13.8 Å². The first kappa shape index (κ1) is 22.7. The number of ether oxygens (including phenoxy) is 2. The molecule has 3 aromatic carbocycles. The van der Waals surface area contributed by atoms with Crippen molar-refractivity contribution < 1.29 is 19.1 Å². The summed E-state index contributed by atoms with van der Waals surface area (Å²) in [6, 6.07) is 20.7. The fraction of sp³-hybridized carbons (Fsp3) is 0.148. The van der Waals surface area contributed by atoms with Gasteiger partial charge in [0, 0.05) is 5.69 Å². The third-order valence-corrected chi connectivity index (χ3v) is 6.43. The van der Waals surface area contributed by atoms with E-state index in [1.807, 2.05) is 74.5 Å².